The van der Waals surface area contributed by atoms with Crippen molar-refractivity contribution in [1.82, 2.24) is 4.72 Å². The number of esters is 1. The maximum absolute atomic E-state index is 12.2. The molecule has 140 valence electrons. The van der Waals surface area contributed by atoms with Gasteiger partial charge in [0.1, 0.15) is 6.61 Å². The standard InChI is InChI=1S/C19H18N2O5S/c1-14(22)17-6-3-7-18(11-17)27(24,25)21-9-8-19(23)26-13-16-5-2-4-15(10-16)12-20/h2-7,10-11,21H,8-9,13H2,1H3. The van der Waals surface area contributed by atoms with Crippen LogP contribution >= 0.6 is 0 Å². The highest BCUT2D eigenvalue weighted by Crippen LogP contribution is 2.12. The van der Waals surface area contributed by atoms with Gasteiger partial charge in [-0.1, -0.05) is 24.3 Å². The third kappa shape index (κ3) is 6.02. The SMILES string of the molecule is CC(=O)c1cccc(S(=O)(=O)NCCC(=O)OCc2cccc(C#N)c2)c1. The van der Waals surface area contributed by atoms with Crippen LogP contribution in [0, 0.1) is 11.3 Å². The van der Waals surface area contributed by atoms with Gasteiger partial charge in [-0.15, -0.1) is 0 Å². The minimum Gasteiger partial charge on any atom is -0.461 e. The lowest BCUT2D eigenvalue weighted by Crippen LogP contribution is -2.27. The van der Waals surface area contributed by atoms with E-state index in [1.54, 1.807) is 24.3 Å². The van der Waals surface area contributed by atoms with Gasteiger partial charge in [-0.2, -0.15) is 5.26 Å². The van der Waals surface area contributed by atoms with Crippen molar-refractivity contribution in [2.24, 2.45) is 0 Å². The number of nitriles is 1. The van der Waals surface area contributed by atoms with Crippen LogP contribution in [0.5, 0.6) is 0 Å². The molecule has 0 amide bonds. The fourth-order valence-electron chi connectivity index (χ4n) is 2.22. The molecular formula is C19H18N2O5S. The molecule has 0 aromatic heterocycles. The molecule has 0 spiro atoms. The fraction of sp³-hybridized carbons (Fsp3) is 0.211. The normalized spacial score (nSPS) is 10.8. The van der Waals surface area contributed by atoms with Crippen LogP contribution in [0.25, 0.3) is 0 Å². The first-order valence-electron chi connectivity index (χ1n) is 8.07. The van der Waals surface area contributed by atoms with Crippen LogP contribution in [0.15, 0.2) is 53.4 Å². The van der Waals surface area contributed by atoms with Crippen molar-refractivity contribution in [2.45, 2.75) is 24.8 Å². The highest BCUT2D eigenvalue weighted by molar-refractivity contribution is 7.89. The molecule has 8 heteroatoms. The number of sulfonamides is 1. The Morgan fingerprint density at radius 3 is 2.59 bits per heavy atom. The quantitative estimate of drug-likeness (QED) is 0.549. The van der Waals surface area contributed by atoms with E-state index >= 15 is 0 Å². The number of nitrogens with one attached hydrogen (secondary N) is 1. The highest BCUT2D eigenvalue weighted by Gasteiger charge is 2.16. The summed E-state index contributed by atoms with van der Waals surface area (Å²) in [6.07, 6.45) is -0.149. The van der Waals surface area contributed by atoms with Crippen molar-refractivity contribution in [3.8, 4) is 6.07 Å². The first kappa shape index (κ1) is 20.3. The number of Topliss-reactive ketones (excluding diaryl/α,β-unsaturated/α-hetero) is 1. The molecule has 0 aliphatic rings. The number of carbonyl (C=O) groups is 2. The Balaban J connectivity index is 1.85. The summed E-state index contributed by atoms with van der Waals surface area (Å²) in [5.41, 5.74) is 1.42. The Kier molecular flexibility index (Phi) is 6.82. The number of benzene rings is 2. The van der Waals surface area contributed by atoms with E-state index in [1.165, 1.54) is 31.2 Å². The molecular weight excluding hydrogens is 368 g/mol. The Morgan fingerprint density at radius 2 is 1.89 bits per heavy atom. The van der Waals surface area contributed by atoms with Crippen molar-refractivity contribution in [3.05, 3.63) is 65.2 Å². The molecule has 0 aliphatic carbocycles. The summed E-state index contributed by atoms with van der Waals surface area (Å²) in [6, 6.07) is 14.3. The number of hydrogen-bond acceptors (Lipinski definition) is 6. The molecule has 2 aromatic rings. The van der Waals surface area contributed by atoms with Crippen molar-refractivity contribution in [2.75, 3.05) is 6.54 Å². The summed E-state index contributed by atoms with van der Waals surface area (Å²) >= 11 is 0. The average Bonchev–Trinajstić information content (AvgIpc) is 2.66. The minimum absolute atomic E-state index is 0.00175. The number of hydrogen-bond donors (Lipinski definition) is 1. The van der Waals surface area contributed by atoms with Crippen LogP contribution in [-0.2, 0) is 26.2 Å². The van der Waals surface area contributed by atoms with Gasteiger partial charge in [0.25, 0.3) is 0 Å². The van der Waals surface area contributed by atoms with Gasteiger partial charge in [-0.25, -0.2) is 13.1 Å². The molecule has 2 rings (SSSR count). The second kappa shape index (κ2) is 9.07. The molecule has 0 saturated heterocycles. The number of nitrogens with zero attached hydrogens (tertiary/aromatic N) is 1. The molecule has 0 radical (unpaired) electrons. The van der Waals surface area contributed by atoms with Gasteiger partial charge in [-0.3, -0.25) is 9.59 Å². The predicted octanol–water partition coefficient (Wildman–Crippen LogP) is 2.17. The van der Waals surface area contributed by atoms with Crippen molar-refractivity contribution in [1.29, 1.82) is 5.26 Å². The van der Waals surface area contributed by atoms with Gasteiger partial charge >= 0.3 is 5.97 Å². The minimum atomic E-state index is -3.83. The van der Waals surface area contributed by atoms with Gasteiger partial charge in [-0.05, 0) is 36.8 Å². The van der Waals surface area contributed by atoms with Crippen molar-refractivity contribution < 1.29 is 22.7 Å². The molecule has 0 heterocycles. The van der Waals surface area contributed by atoms with Gasteiger partial charge in [0.15, 0.2) is 5.78 Å². The predicted molar refractivity (Wildman–Crippen MR) is 97.2 cm³/mol. The van der Waals surface area contributed by atoms with Gasteiger partial charge < -0.3 is 4.74 Å². The second-order valence-electron chi connectivity index (χ2n) is 5.70. The third-order valence-corrected chi connectivity index (χ3v) is 5.09. The summed E-state index contributed by atoms with van der Waals surface area (Å²) in [4.78, 5) is 23.1. The van der Waals surface area contributed by atoms with Gasteiger partial charge in [0, 0.05) is 12.1 Å². The lowest BCUT2D eigenvalue weighted by molar-refractivity contribution is -0.144. The topological polar surface area (TPSA) is 113 Å². The van der Waals surface area contributed by atoms with Crippen LogP contribution in [0.1, 0.15) is 34.8 Å². The summed E-state index contributed by atoms with van der Waals surface area (Å²) in [5, 5.41) is 8.83. The van der Waals surface area contributed by atoms with E-state index in [1.807, 2.05) is 6.07 Å². The largest absolute Gasteiger partial charge is 0.461 e. The van der Waals surface area contributed by atoms with Crippen LogP contribution in [-0.4, -0.2) is 26.7 Å². The zero-order chi connectivity index (χ0) is 19.9. The highest BCUT2D eigenvalue weighted by atomic mass is 32.2. The molecule has 2 aromatic carbocycles. The maximum atomic E-state index is 12.2. The van der Waals surface area contributed by atoms with Crippen molar-refractivity contribution in [3.63, 3.8) is 0 Å². The Morgan fingerprint density at radius 1 is 1.15 bits per heavy atom. The number of rotatable bonds is 8. The third-order valence-electron chi connectivity index (χ3n) is 3.63. The van der Waals surface area contributed by atoms with E-state index in [4.69, 9.17) is 10.00 Å². The summed E-state index contributed by atoms with van der Waals surface area (Å²) < 4.78 is 31.8. The van der Waals surface area contributed by atoms with Crippen molar-refractivity contribution >= 4 is 21.8 Å². The molecule has 7 nitrogen and oxygen atoms in total. The van der Waals surface area contributed by atoms with E-state index in [2.05, 4.69) is 4.72 Å². The van der Waals surface area contributed by atoms with E-state index in [0.29, 0.717) is 11.1 Å². The molecule has 0 fully saturated rings. The fourth-order valence-corrected chi connectivity index (χ4v) is 3.30. The maximum Gasteiger partial charge on any atom is 0.307 e. The smallest absolute Gasteiger partial charge is 0.307 e. The number of ketones is 1. The molecule has 0 saturated carbocycles. The Bertz CT molecular complexity index is 993. The zero-order valence-corrected chi connectivity index (χ0v) is 15.5. The second-order valence-corrected chi connectivity index (χ2v) is 7.47. The van der Waals surface area contributed by atoms with Crippen LogP contribution < -0.4 is 4.72 Å². The first-order chi connectivity index (χ1) is 12.8. The van der Waals surface area contributed by atoms with E-state index in [9.17, 15) is 18.0 Å². The lowest BCUT2D eigenvalue weighted by Gasteiger charge is -2.08. The van der Waals surface area contributed by atoms with Crippen LogP contribution in [0.3, 0.4) is 0 Å². The summed E-state index contributed by atoms with van der Waals surface area (Å²) in [5.74, 6) is -0.811. The summed E-state index contributed by atoms with van der Waals surface area (Å²) in [7, 11) is -3.83. The van der Waals surface area contributed by atoms with E-state index < -0.39 is 16.0 Å². The van der Waals surface area contributed by atoms with Crippen LogP contribution in [0.2, 0.25) is 0 Å². The molecule has 0 unspecified atom stereocenters. The molecule has 1 N–H and O–H groups in total. The number of carbonyl (C=O) groups excluding carboxylic acids is 2. The lowest BCUT2D eigenvalue weighted by atomic mass is 10.1. The Labute approximate surface area is 157 Å². The Hall–Kier alpha value is -3.02. The van der Waals surface area contributed by atoms with E-state index in [-0.39, 0.29) is 35.8 Å². The zero-order valence-electron chi connectivity index (χ0n) is 14.6. The molecule has 0 bridgehead atoms. The molecule has 0 atom stereocenters. The molecule has 0 aliphatic heterocycles. The molecule has 27 heavy (non-hydrogen) atoms. The number of ether oxygens (including phenoxy) is 1. The average molecular weight is 386 g/mol. The first-order valence-corrected chi connectivity index (χ1v) is 9.55. The monoisotopic (exact) mass is 386 g/mol. The van der Waals surface area contributed by atoms with Gasteiger partial charge in [0.05, 0.1) is 22.9 Å². The van der Waals surface area contributed by atoms with Gasteiger partial charge in [0.2, 0.25) is 10.0 Å². The van der Waals surface area contributed by atoms with E-state index in [0.717, 1.165) is 0 Å². The van der Waals surface area contributed by atoms with Crippen LogP contribution in [0.4, 0.5) is 0 Å². The summed E-state index contributed by atoms with van der Waals surface area (Å²) in [6.45, 7) is 1.22.